The highest BCUT2D eigenvalue weighted by atomic mass is 79.9. The molecule has 0 fully saturated rings. The molecule has 1 aromatic rings. The Kier molecular flexibility index (Phi) is 3.58. The van der Waals surface area contributed by atoms with Crippen LogP contribution in [0.3, 0.4) is 0 Å². The molecular formula is C8H11BrClNS. The van der Waals surface area contributed by atoms with Crippen LogP contribution in [0.25, 0.3) is 0 Å². The normalized spacial score (nSPS) is 13.8. The highest BCUT2D eigenvalue weighted by molar-refractivity contribution is 9.10. The summed E-state index contributed by atoms with van der Waals surface area (Å²) >= 11 is 10.8. The number of hydrogen-bond donors (Lipinski definition) is 1. The standard InChI is InChI=1S/C8H11BrClNS/c1-4(2)7(11)6-3-5(9)8(10)12-6/h3-4,7H,11H2,1-2H3. The lowest BCUT2D eigenvalue weighted by atomic mass is 10.0. The van der Waals surface area contributed by atoms with E-state index in [1.54, 1.807) is 11.3 Å². The second-order valence-corrected chi connectivity index (χ2v) is 5.58. The Hall–Kier alpha value is 0.430. The zero-order valence-corrected chi connectivity index (χ0v) is 10.1. The second kappa shape index (κ2) is 4.09. The fraction of sp³-hybridized carbons (Fsp3) is 0.500. The van der Waals surface area contributed by atoms with Crippen LogP contribution >= 0.6 is 38.9 Å². The topological polar surface area (TPSA) is 26.0 Å². The fourth-order valence-corrected chi connectivity index (χ4v) is 2.77. The van der Waals surface area contributed by atoms with Gasteiger partial charge in [0.25, 0.3) is 0 Å². The summed E-state index contributed by atoms with van der Waals surface area (Å²) in [6.07, 6.45) is 0. The molecule has 0 amide bonds. The van der Waals surface area contributed by atoms with Crippen LogP contribution in [-0.2, 0) is 0 Å². The molecule has 0 spiro atoms. The average molecular weight is 269 g/mol. The van der Waals surface area contributed by atoms with Crippen molar-refractivity contribution in [3.8, 4) is 0 Å². The lowest BCUT2D eigenvalue weighted by molar-refractivity contribution is 0.521. The molecule has 0 saturated carbocycles. The minimum atomic E-state index is 0.0961. The summed E-state index contributed by atoms with van der Waals surface area (Å²) in [5, 5.41) is 0. The van der Waals surface area contributed by atoms with Gasteiger partial charge in [-0.1, -0.05) is 25.4 Å². The average Bonchev–Trinajstić information content (AvgIpc) is 2.30. The van der Waals surface area contributed by atoms with E-state index < -0.39 is 0 Å². The van der Waals surface area contributed by atoms with E-state index in [1.165, 1.54) is 0 Å². The molecule has 1 unspecified atom stereocenters. The first-order chi connectivity index (χ1) is 5.52. The van der Waals surface area contributed by atoms with Gasteiger partial charge in [-0.15, -0.1) is 11.3 Å². The van der Waals surface area contributed by atoms with Crippen molar-refractivity contribution >= 4 is 38.9 Å². The molecule has 0 saturated heterocycles. The molecule has 1 rings (SSSR count). The molecule has 0 aliphatic rings. The molecule has 1 heterocycles. The van der Waals surface area contributed by atoms with Crippen LogP contribution in [0.2, 0.25) is 4.34 Å². The Balaban J connectivity index is 2.89. The van der Waals surface area contributed by atoms with Crippen molar-refractivity contribution in [2.45, 2.75) is 19.9 Å². The van der Waals surface area contributed by atoms with Gasteiger partial charge in [-0.05, 0) is 27.9 Å². The van der Waals surface area contributed by atoms with Crippen molar-refractivity contribution < 1.29 is 0 Å². The zero-order chi connectivity index (χ0) is 9.30. The smallest absolute Gasteiger partial charge is 0.107 e. The van der Waals surface area contributed by atoms with Crippen molar-refractivity contribution in [2.24, 2.45) is 11.7 Å². The van der Waals surface area contributed by atoms with Gasteiger partial charge in [-0.3, -0.25) is 0 Å². The monoisotopic (exact) mass is 267 g/mol. The number of nitrogens with two attached hydrogens (primary N) is 1. The van der Waals surface area contributed by atoms with Crippen molar-refractivity contribution in [3.63, 3.8) is 0 Å². The number of halogens is 2. The molecule has 0 aromatic carbocycles. The van der Waals surface area contributed by atoms with Gasteiger partial charge in [-0.2, -0.15) is 0 Å². The fourth-order valence-electron chi connectivity index (χ4n) is 0.856. The van der Waals surface area contributed by atoms with Crippen molar-refractivity contribution in [3.05, 3.63) is 19.8 Å². The van der Waals surface area contributed by atoms with Crippen LogP contribution in [0.4, 0.5) is 0 Å². The molecule has 0 bridgehead atoms. The van der Waals surface area contributed by atoms with E-state index in [-0.39, 0.29) is 6.04 Å². The van der Waals surface area contributed by atoms with E-state index >= 15 is 0 Å². The second-order valence-electron chi connectivity index (χ2n) is 3.04. The van der Waals surface area contributed by atoms with Gasteiger partial charge in [0, 0.05) is 15.4 Å². The Morgan fingerprint density at radius 2 is 2.17 bits per heavy atom. The van der Waals surface area contributed by atoms with Gasteiger partial charge in [0.05, 0.1) is 0 Å². The molecule has 1 atom stereocenters. The predicted octanol–water partition coefficient (Wildman–Crippen LogP) is 3.82. The summed E-state index contributed by atoms with van der Waals surface area (Å²) in [7, 11) is 0. The van der Waals surface area contributed by atoms with E-state index in [0.29, 0.717) is 5.92 Å². The Morgan fingerprint density at radius 1 is 1.58 bits per heavy atom. The highest BCUT2D eigenvalue weighted by Crippen LogP contribution is 2.36. The summed E-state index contributed by atoms with van der Waals surface area (Å²) in [5.41, 5.74) is 5.95. The SMILES string of the molecule is CC(C)C(N)c1cc(Br)c(Cl)s1. The first kappa shape index (κ1) is 10.5. The van der Waals surface area contributed by atoms with Gasteiger partial charge in [0.15, 0.2) is 0 Å². The first-order valence-electron chi connectivity index (χ1n) is 3.72. The zero-order valence-electron chi connectivity index (χ0n) is 6.97. The van der Waals surface area contributed by atoms with Crippen molar-refractivity contribution in [2.75, 3.05) is 0 Å². The molecule has 0 aliphatic carbocycles. The molecule has 0 radical (unpaired) electrons. The van der Waals surface area contributed by atoms with E-state index in [2.05, 4.69) is 29.8 Å². The van der Waals surface area contributed by atoms with E-state index in [4.69, 9.17) is 17.3 Å². The van der Waals surface area contributed by atoms with Crippen LogP contribution in [-0.4, -0.2) is 0 Å². The van der Waals surface area contributed by atoms with Crippen molar-refractivity contribution in [1.82, 2.24) is 0 Å². The third kappa shape index (κ3) is 2.22. The summed E-state index contributed by atoms with van der Waals surface area (Å²) in [6.45, 7) is 4.21. The summed E-state index contributed by atoms with van der Waals surface area (Å²) in [6, 6.07) is 2.09. The quantitative estimate of drug-likeness (QED) is 0.867. The minimum absolute atomic E-state index is 0.0961. The van der Waals surface area contributed by atoms with Crippen LogP contribution in [0.1, 0.15) is 24.8 Å². The Labute approximate surface area is 90.0 Å². The lowest BCUT2D eigenvalue weighted by Gasteiger charge is -2.12. The third-order valence-corrected chi connectivity index (χ3v) is 4.29. The molecule has 1 nitrogen and oxygen atoms in total. The predicted molar refractivity (Wildman–Crippen MR) is 58.8 cm³/mol. The van der Waals surface area contributed by atoms with Crippen LogP contribution < -0.4 is 5.73 Å². The van der Waals surface area contributed by atoms with E-state index in [1.807, 2.05) is 6.07 Å². The summed E-state index contributed by atoms with van der Waals surface area (Å²) < 4.78 is 1.72. The molecule has 68 valence electrons. The Morgan fingerprint density at radius 3 is 2.50 bits per heavy atom. The van der Waals surface area contributed by atoms with Crippen molar-refractivity contribution in [1.29, 1.82) is 0 Å². The van der Waals surface area contributed by atoms with Crippen LogP contribution in [0, 0.1) is 5.92 Å². The van der Waals surface area contributed by atoms with Gasteiger partial charge < -0.3 is 5.73 Å². The molecule has 0 aliphatic heterocycles. The maximum Gasteiger partial charge on any atom is 0.107 e. The summed E-state index contributed by atoms with van der Waals surface area (Å²) in [5.74, 6) is 0.451. The highest BCUT2D eigenvalue weighted by Gasteiger charge is 2.14. The van der Waals surface area contributed by atoms with Gasteiger partial charge in [0.1, 0.15) is 4.34 Å². The first-order valence-corrected chi connectivity index (χ1v) is 5.71. The largest absolute Gasteiger partial charge is 0.323 e. The molecular weight excluding hydrogens is 258 g/mol. The van der Waals surface area contributed by atoms with Crippen LogP contribution in [0.5, 0.6) is 0 Å². The Bertz CT molecular complexity index is 253. The third-order valence-electron chi connectivity index (χ3n) is 1.71. The van der Waals surface area contributed by atoms with E-state index in [0.717, 1.165) is 13.7 Å². The minimum Gasteiger partial charge on any atom is -0.323 e. The molecule has 12 heavy (non-hydrogen) atoms. The maximum absolute atomic E-state index is 5.95. The molecule has 4 heteroatoms. The lowest BCUT2D eigenvalue weighted by Crippen LogP contribution is -2.14. The van der Waals surface area contributed by atoms with E-state index in [9.17, 15) is 0 Å². The number of thiophene rings is 1. The number of hydrogen-bond acceptors (Lipinski definition) is 2. The van der Waals surface area contributed by atoms with Gasteiger partial charge in [0.2, 0.25) is 0 Å². The molecule has 2 N–H and O–H groups in total. The number of rotatable bonds is 2. The maximum atomic E-state index is 5.95. The van der Waals surface area contributed by atoms with Gasteiger partial charge >= 0.3 is 0 Å². The summed E-state index contributed by atoms with van der Waals surface area (Å²) in [4.78, 5) is 1.14. The van der Waals surface area contributed by atoms with Crippen LogP contribution in [0.15, 0.2) is 10.5 Å². The van der Waals surface area contributed by atoms with Gasteiger partial charge in [-0.25, -0.2) is 0 Å². The molecule has 1 aromatic heterocycles.